The molecule has 0 spiro atoms. The predicted molar refractivity (Wildman–Crippen MR) is 104 cm³/mol. The van der Waals surface area contributed by atoms with Crippen LogP contribution in [0.5, 0.6) is 0 Å². The number of hydrogen-bond acceptors (Lipinski definition) is 1. The van der Waals surface area contributed by atoms with E-state index in [4.69, 9.17) is 11.6 Å². The van der Waals surface area contributed by atoms with Gasteiger partial charge in [0.05, 0.1) is 6.04 Å². The number of aromatic nitrogens is 1. The first-order valence-electron chi connectivity index (χ1n) is 8.73. The molecule has 0 radical (unpaired) electrons. The maximum Gasteiger partial charge on any atom is 0.322 e. The molecule has 132 valence electrons. The molecule has 1 aliphatic heterocycles. The summed E-state index contributed by atoms with van der Waals surface area (Å²) in [6, 6.07) is 21.6. The van der Waals surface area contributed by atoms with E-state index in [1.165, 1.54) is 11.3 Å². The smallest absolute Gasteiger partial charge is 0.322 e. The molecule has 4 nitrogen and oxygen atoms in total. The van der Waals surface area contributed by atoms with Gasteiger partial charge in [0.2, 0.25) is 0 Å². The number of benzene rings is 2. The van der Waals surface area contributed by atoms with Gasteiger partial charge in [-0.25, -0.2) is 4.79 Å². The van der Waals surface area contributed by atoms with E-state index in [2.05, 4.69) is 34.3 Å². The van der Waals surface area contributed by atoms with Gasteiger partial charge in [0, 0.05) is 35.7 Å². The molecule has 1 N–H and O–H groups in total. The molecule has 0 aliphatic carbocycles. The fraction of sp³-hybridized carbons (Fsp3) is 0.190. The fourth-order valence-electron chi connectivity index (χ4n) is 3.52. The molecule has 1 aliphatic rings. The Bertz CT molecular complexity index is 906. The van der Waals surface area contributed by atoms with Crippen molar-refractivity contribution in [3.63, 3.8) is 0 Å². The van der Waals surface area contributed by atoms with Crippen molar-refractivity contribution >= 4 is 23.3 Å². The van der Waals surface area contributed by atoms with Crippen LogP contribution in [0.4, 0.5) is 10.5 Å². The Balaban J connectivity index is 1.60. The van der Waals surface area contributed by atoms with E-state index in [0.717, 1.165) is 13.0 Å². The van der Waals surface area contributed by atoms with Gasteiger partial charge in [0.1, 0.15) is 0 Å². The van der Waals surface area contributed by atoms with E-state index in [9.17, 15) is 4.79 Å². The van der Waals surface area contributed by atoms with Crippen LogP contribution >= 0.6 is 11.6 Å². The molecular formula is C21H20ClN3O. The third kappa shape index (κ3) is 3.46. The summed E-state index contributed by atoms with van der Waals surface area (Å²) in [5.41, 5.74) is 3.09. The van der Waals surface area contributed by atoms with Crippen LogP contribution in [0.2, 0.25) is 5.02 Å². The molecule has 1 atom stereocenters. The van der Waals surface area contributed by atoms with Crippen molar-refractivity contribution in [3.05, 3.63) is 89.2 Å². The molecule has 0 saturated carbocycles. The molecule has 0 saturated heterocycles. The van der Waals surface area contributed by atoms with Crippen LogP contribution in [0, 0.1) is 0 Å². The van der Waals surface area contributed by atoms with Gasteiger partial charge >= 0.3 is 6.03 Å². The van der Waals surface area contributed by atoms with E-state index in [0.29, 0.717) is 17.3 Å². The second-order valence-corrected chi connectivity index (χ2v) is 6.90. The van der Waals surface area contributed by atoms with Crippen LogP contribution < -0.4 is 5.32 Å². The Morgan fingerprint density at radius 2 is 1.88 bits per heavy atom. The monoisotopic (exact) mass is 365 g/mol. The van der Waals surface area contributed by atoms with Crippen molar-refractivity contribution in [1.82, 2.24) is 9.47 Å². The number of carbonyl (C=O) groups excluding carboxylic acids is 1. The summed E-state index contributed by atoms with van der Waals surface area (Å²) in [4.78, 5) is 14.9. The number of nitrogens with one attached hydrogen (secondary N) is 1. The van der Waals surface area contributed by atoms with E-state index in [1.54, 1.807) is 12.1 Å². The topological polar surface area (TPSA) is 37.3 Å². The maximum atomic E-state index is 13.0. The zero-order valence-electron chi connectivity index (χ0n) is 14.3. The quantitative estimate of drug-likeness (QED) is 0.698. The summed E-state index contributed by atoms with van der Waals surface area (Å²) in [7, 11) is 0. The molecule has 0 fully saturated rings. The summed E-state index contributed by atoms with van der Waals surface area (Å²) < 4.78 is 2.23. The second kappa shape index (κ2) is 7.26. The fourth-order valence-corrected chi connectivity index (χ4v) is 3.71. The van der Waals surface area contributed by atoms with E-state index in [1.807, 2.05) is 41.3 Å². The summed E-state index contributed by atoms with van der Waals surface area (Å²) in [5, 5.41) is 3.59. The van der Waals surface area contributed by atoms with Gasteiger partial charge < -0.3 is 14.8 Å². The highest BCUT2D eigenvalue weighted by Gasteiger charge is 2.31. The van der Waals surface area contributed by atoms with Gasteiger partial charge in [-0.3, -0.25) is 0 Å². The molecule has 0 bridgehead atoms. The third-order valence-electron chi connectivity index (χ3n) is 4.77. The molecule has 2 aromatic carbocycles. The number of rotatable bonds is 3. The number of hydrogen-bond donors (Lipinski definition) is 1. The number of fused-ring (bicyclic) bond motifs is 1. The molecule has 4 rings (SSSR count). The lowest BCUT2D eigenvalue weighted by atomic mass is 10.0. The van der Waals surface area contributed by atoms with Crippen LogP contribution in [0.15, 0.2) is 72.9 Å². The second-order valence-electron chi connectivity index (χ2n) is 6.47. The van der Waals surface area contributed by atoms with Crippen molar-refractivity contribution in [2.24, 2.45) is 0 Å². The summed E-state index contributed by atoms with van der Waals surface area (Å²) >= 11 is 6.03. The van der Waals surface area contributed by atoms with Gasteiger partial charge in [0.15, 0.2) is 0 Å². The minimum absolute atomic E-state index is 0.000309. The Morgan fingerprint density at radius 3 is 2.69 bits per heavy atom. The molecule has 2 amide bonds. The highest BCUT2D eigenvalue weighted by atomic mass is 35.5. The molecule has 2 heterocycles. The van der Waals surface area contributed by atoms with Gasteiger partial charge in [0.25, 0.3) is 0 Å². The maximum absolute atomic E-state index is 13.0. The van der Waals surface area contributed by atoms with Gasteiger partial charge in [-0.2, -0.15) is 0 Å². The minimum Gasteiger partial charge on any atom is -0.348 e. The van der Waals surface area contributed by atoms with Crippen molar-refractivity contribution in [2.45, 2.75) is 19.0 Å². The van der Waals surface area contributed by atoms with Crippen molar-refractivity contribution < 1.29 is 4.79 Å². The van der Waals surface area contributed by atoms with Gasteiger partial charge in [-0.05, 0) is 42.3 Å². The summed E-state index contributed by atoms with van der Waals surface area (Å²) in [6.07, 6.45) is 2.87. The van der Waals surface area contributed by atoms with Gasteiger partial charge in [-0.15, -0.1) is 0 Å². The number of carbonyl (C=O) groups is 1. The predicted octanol–water partition coefficient (Wildman–Crippen LogP) is 4.97. The van der Waals surface area contributed by atoms with Crippen LogP contribution in [0.25, 0.3) is 0 Å². The van der Waals surface area contributed by atoms with E-state index in [-0.39, 0.29) is 12.1 Å². The van der Waals surface area contributed by atoms with E-state index >= 15 is 0 Å². The highest BCUT2D eigenvalue weighted by molar-refractivity contribution is 6.30. The van der Waals surface area contributed by atoms with Crippen molar-refractivity contribution in [3.8, 4) is 0 Å². The summed E-state index contributed by atoms with van der Waals surface area (Å²) in [5.74, 6) is 0. The average Bonchev–Trinajstić information content (AvgIpc) is 3.12. The highest BCUT2D eigenvalue weighted by Crippen LogP contribution is 2.30. The van der Waals surface area contributed by atoms with Gasteiger partial charge in [-0.1, -0.05) is 48.0 Å². The molecule has 0 unspecified atom stereocenters. The Morgan fingerprint density at radius 1 is 1.04 bits per heavy atom. The lowest BCUT2D eigenvalue weighted by molar-refractivity contribution is 0.167. The Labute approximate surface area is 158 Å². The number of anilines is 1. The SMILES string of the molecule is O=C(Nc1cccc(Cl)c1)N1CCn2cccc2[C@@H]1Cc1ccccc1. The molecular weight excluding hydrogens is 346 g/mol. The molecule has 26 heavy (non-hydrogen) atoms. The first-order valence-corrected chi connectivity index (χ1v) is 9.11. The lowest BCUT2D eigenvalue weighted by Crippen LogP contribution is -2.44. The molecule has 3 aromatic rings. The standard InChI is InChI=1S/C21H20ClN3O/c22-17-8-4-9-18(15-17)23-21(26)25-13-12-24-11-5-10-19(24)20(25)14-16-6-2-1-3-7-16/h1-11,15,20H,12-14H2,(H,23,26)/t20-/m0/s1. The number of halogens is 1. The number of urea groups is 1. The summed E-state index contributed by atoms with van der Waals surface area (Å²) in [6.45, 7) is 1.47. The van der Waals surface area contributed by atoms with Crippen molar-refractivity contribution in [2.75, 3.05) is 11.9 Å². The minimum atomic E-state index is -0.0966. The zero-order valence-corrected chi connectivity index (χ0v) is 15.1. The van der Waals surface area contributed by atoms with Crippen LogP contribution in [0.1, 0.15) is 17.3 Å². The lowest BCUT2D eigenvalue weighted by Gasteiger charge is -2.37. The third-order valence-corrected chi connectivity index (χ3v) is 5.01. The largest absolute Gasteiger partial charge is 0.348 e. The zero-order chi connectivity index (χ0) is 17.9. The number of nitrogens with zero attached hydrogens (tertiary/aromatic N) is 2. The molecule has 5 heteroatoms. The Hall–Kier alpha value is -2.72. The van der Waals surface area contributed by atoms with Crippen LogP contribution in [-0.4, -0.2) is 22.0 Å². The van der Waals surface area contributed by atoms with Crippen LogP contribution in [0.3, 0.4) is 0 Å². The number of amides is 2. The normalized spacial score (nSPS) is 16.2. The first-order chi connectivity index (χ1) is 12.7. The van der Waals surface area contributed by atoms with E-state index < -0.39 is 0 Å². The van der Waals surface area contributed by atoms with Crippen molar-refractivity contribution in [1.29, 1.82) is 0 Å². The first kappa shape index (κ1) is 16.7. The Kier molecular flexibility index (Phi) is 4.67. The average molecular weight is 366 g/mol. The van der Waals surface area contributed by atoms with Crippen LogP contribution in [-0.2, 0) is 13.0 Å². The molecule has 1 aromatic heterocycles.